The van der Waals surface area contributed by atoms with Crippen molar-refractivity contribution in [1.82, 2.24) is 4.98 Å². The van der Waals surface area contributed by atoms with Gasteiger partial charge in [0.2, 0.25) is 0 Å². The smallest absolute Gasteiger partial charge is 0.255 e. The van der Waals surface area contributed by atoms with Crippen LogP contribution in [0.5, 0.6) is 0 Å². The number of aromatic nitrogens is 1. The standard InChI is InChI=1S/C9H7ClN2O2S2/c10-7-3-1-2-4-8(7)16(13,14)12-9-11-5-6-15-9/h1-6H,(H,11,12). The van der Waals surface area contributed by atoms with Crippen LogP contribution >= 0.6 is 22.9 Å². The van der Waals surface area contributed by atoms with Crippen molar-refractivity contribution in [3.63, 3.8) is 0 Å². The molecule has 0 atom stereocenters. The van der Waals surface area contributed by atoms with E-state index < -0.39 is 10.0 Å². The monoisotopic (exact) mass is 274 g/mol. The van der Waals surface area contributed by atoms with Crippen molar-refractivity contribution in [3.8, 4) is 0 Å². The maximum Gasteiger partial charge on any atom is 0.265 e. The number of sulfonamides is 1. The van der Waals surface area contributed by atoms with Gasteiger partial charge in [0.15, 0.2) is 5.13 Å². The van der Waals surface area contributed by atoms with E-state index in [1.165, 1.54) is 29.7 Å². The molecule has 2 rings (SSSR count). The second-order valence-electron chi connectivity index (χ2n) is 2.87. The van der Waals surface area contributed by atoms with Crippen LogP contribution in [0.3, 0.4) is 0 Å². The van der Waals surface area contributed by atoms with E-state index in [0.29, 0.717) is 5.13 Å². The SMILES string of the molecule is O=S(=O)(Nc1nccs1)c1ccccc1Cl. The average Bonchev–Trinajstić information content (AvgIpc) is 2.70. The third kappa shape index (κ3) is 2.34. The Labute approximate surface area is 102 Å². The van der Waals surface area contributed by atoms with E-state index in [9.17, 15) is 8.42 Å². The van der Waals surface area contributed by atoms with Gasteiger partial charge in [-0.1, -0.05) is 23.7 Å². The van der Waals surface area contributed by atoms with E-state index >= 15 is 0 Å². The van der Waals surface area contributed by atoms with Crippen LogP contribution < -0.4 is 4.72 Å². The normalized spacial score (nSPS) is 11.3. The van der Waals surface area contributed by atoms with Gasteiger partial charge >= 0.3 is 0 Å². The van der Waals surface area contributed by atoms with Crippen LogP contribution in [0.1, 0.15) is 0 Å². The van der Waals surface area contributed by atoms with Gasteiger partial charge in [0.1, 0.15) is 4.90 Å². The molecule has 84 valence electrons. The Balaban J connectivity index is 2.37. The van der Waals surface area contributed by atoms with Gasteiger partial charge < -0.3 is 0 Å². The second kappa shape index (κ2) is 4.40. The Morgan fingerprint density at radius 3 is 2.69 bits per heavy atom. The number of hydrogen-bond donors (Lipinski definition) is 1. The molecule has 0 aliphatic carbocycles. The van der Waals surface area contributed by atoms with E-state index in [2.05, 4.69) is 9.71 Å². The van der Waals surface area contributed by atoms with E-state index in [4.69, 9.17) is 11.6 Å². The molecule has 1 aromatic heterocycles. The van der Waals surface area contributed by atoms with Gasteiger partial charge in [0.25, 0.3) is 10.0 Å². The summed E-state index contributed by atoms with van der Waals surface area (Å²) in [6.07, 6.45) is 1.52. The molecular formula is C9H7ClN2O2S2. The highest BCUT2D eigenvalue weighted by molar-refractivity contribution is 7.93. The summed E-state index contributed by atoms with van der Waals surface area (Å²) in [6, 6.07) is 6.25. The number of thiazole rings is 1. The minimum atomic E-state index is -3.65. The number of nitrogens with one attached hydrogen (secondary N) is 1. The second-order valence-corrected chi connectivity index (χ2v) is 5.83. The molecule has 0 saturated heterocycles. The molecule has 4 nitrogen and oxygen atoms in total. The zero-order valence-electron chi connectivity index (χ0n) is 7.92. The van der Waals surface area contributed by atoms with Gasteiger partial charge in [-0.3, -0.25) is 4.72 Å². The molecule has 0 aliphatic heterocycles. The summed E-state index contributed by atoms with van der Waals surface area (Å²) in [5, 5.41) is 2.19. The zero-order valence-corrected chi connectivity index (χ0v) is 10.3. The van der Waals surface area contributed by atoms with Crippen LogP contribution in [0.15, 0.2) is 40.7 Å². The quantitative estimate of drug-likeness (QED) is 0.936. The first-order chi connectivity index (χ1) is 7.59. The van der Waals surface area contributed by atoms with Crippen molar-refractivity contribution in [1.29, 1.82) is 0 Å². The zero-order chi connectivity index (χ0) is 11.6. The molecule has 0 fully saturated rings. The summed E-state index contributed by atoms with van der Waals surface area (Å²) in [4.78, 5) is 3.89. The molecule has 0 bridgehead atoms. The third-order valence-corrected chi connectivity index (χ3v) is 4.44. The Hall–Kier alpha value is -1.11. The molecule has 2 aromatic rings. The lowest BCUT2D eigenvalue weighted by Crippen LogP contribution is -2.13. The largest absolute Gasteiger partial charge is 0.265 e. The molecular weight excluding hydrogens is 268 g/mol. The van der Waals surface area contributed by atoms with E-state index in [1.807, 2.05) is 0 Å². The van der Waals surface area contributed by atoms with Crippen molar-refractivity contribution in [2.45, 2.75) is 4.90 Å². The first-order valence-electron chi connectivity index (χ1n) is 4.26. The van der Waals surface area contributed by atoms with Crippen molar-refractivity contribution in [3.05, 3.63) is 40.9 Å². The van der Waals surface area contributed by atoms with Crippen molar-refractivity contribution >= 4 is 38.1 Å². The summed E-state index contributed by atoms with van der Waals surface area (Å²) >= 11 is 7.02. The molecule has 0 saturated carbocycles. The summed E-state index contributed by atoms with van der Waals surface area (Å²) in [5.41, 5.74) is 0. The van der Waals surface area contributed by atoms with Crippen molar-refractivity contribution in [2.75, 3.05) is 4.72 Å². The summed E-state index contributed by atoms with van der Waals surface area (Å²) < 4.78 is 26.1. The van der Waals surface area contributed by atoms with Crippen LogP contribution in [0.4, 0.5) is 5.13 Å². The Morgan fingerprint density at radius 2 is 2.06 bits per heavy atom. The maximum absolute atomic E-state index is 11.9. The summed E-state index contributed by atoms with van der Waals surface area (Å²) in [5.74, 6) is 0. The van der Waals surface area contributed by atoms with Gasteiger partial charge in [0, 0.05) is 11.6 Å². The van der Waals surface area contributed by atoms with Crippen LogP contribution in [0, 0.1) is 0 Å². The molecule has 1 heterocycles. The van der Waals surface area contributed by atoms with E-state index in [-0.39, 0.29) is 9.92 Å². The molecule has 0 radical (unpaired) electrons. The lowest BCUT2D eigenvalue weighted by molar-refractivity contribution is 0.601. The maximum atomic E-state index is 11.9. The predicted octanol–water partition coefficient (Wildman–Crippen LogP) is 2.60. The predicted molar refractivity (Wildman–Crippen MR) is 64.4 cm³/mol. The molecule has 0 unspecified atom stereocenters. The van der Waals surface area contributed by atoms with E-state index in [0.717, 1.165) is 0 Å². The number of halogens is 1. The minimum Gasteiger partial charge on any atom is -0.255 e. The number of hydrogen-bond acceptors (Lipinski definition) is 4. The topological polar surface area (TPSA) is 59.1 Å². The molecule has 1 N–H and O–H groups in total. The fraction of sp³-hybridized carbons (Fsp3) is 0. The van der Waals surface area contributed by atoms with Crippen molar-refractivity contribution in [2.24, 2.45) is 0 Å². The first kappa shape index (κ1) is 11.4. The number of anilines is 1. The molecule has 0 amide bonds. The van der Waals surface area contributed by atoms with Crippen LogP contribution in [0.2, 0.25) is 5.02 Å². The molecule has 7 heteroatoms. The summed E-state index contributed by atoms with van der Waals surface area (Å²) in [7, 11) is -3.65. The fourth-order valence-electron chi connectivity index (χ4n) is 1.11. The molecule has 0 spiro atoms. The Morgan fingerprint density at radius 1 is 1.31 bits per heavy atom. The lowest BCUT2D eigenvalue weighted by atomic mass is 10.4. The highest BCUT2D eigenvalue weighted by Crippen LogP contribution is 2.23. The third-order valence-electron chi connectivity index (χ3n) is 1.78. The summed E-state index contributed by atoms with van der Waals surface area (Å²) in [6.45, 7) is 0. The van der Waals surface area contributed by atoms with Gasteiger partial charge in [0.05, 0.1) is 5.02 Å². The Kier molecular flexibility index (Phi) is 3.13. The van der Waals surface area contributed by atoms with Gasteiger partial charge in [-0.15, -0.1) is 11.3 Å². The van der Waals surface area contributed by atoms with Gasteiger partial charge in [-0.05, 0) is 12.1 Å². The van der Waals surface area contributed by atoms with Crippen LogP contribution in [0.25, 0.3) is 0 Å². The average molecular weight is 275 g/mol. The fourth-order valence-corrected chi connectivity index (χ4v) is 3.42. The highest BCUT2D eigenvalue weighted by atomic mass is 35.5. The Bertz CT molecular complexity index is 581. The van der Waals surface area contributed by atoms with Gasteiger partial charge in [-0.2, -0.15) is 0 Å². The first-order valence-corrected chi connectivity index (χ1v) is 7.00. The number of benzene rings is 1. The lowest BCUT2D eigenvalue weighted by Gasteiger charge is -2.06. The van der Waals surface area contributed by atoms with Gasteiger partial charge in [-0.25, -0.2) is 13.4 Å². The van der Waals surface area contributed by atoms with Crippen LogP contribution in [-0.2, 0) is 10.0 Å². The highest BCUT2D eigenvalue weighted by Gasteiger charge is 2.18. The molecule has 0 aliphatic rings. The minimum absolute atomic E-state index is 0.0480. The van der Waals surface area contributed by atoms with Crippen LogP contribution in [-0.4, -0.2) is 13.4 Å². The number of nitrogens with zero attached hydrogens (tertiary/aromatic N) is 1. The van der Waals surface area contributed by atoms with E-state index in [1.54, 1.807) is 17.5 Å². The molecule has 1 aromatic carbocycles. The molecule has 16 heavy (non-hydrogen) atoms. The number of rotatable bonds is 3. The van der Waals surface area contributed by atoms with Crippen molar-refractivity contribution < 1.29 is 8.42 Å².